The van der Waals surface area contributed by atoms with Crippen LogP contribution in [0, 0.1) is 11.6 Å². The summed E-state index contributed by atoms with van der Waals surface area (Å²) in [6.07, 6.45) is 1.49. The van der Waals surface area contributed by atoms with Crippen molar-refractivity contribution in [3.63, 3.8) is 0 Å². The Hall–Kier alpha value is -3.30. The van der Waals surface area contributed by atoms with Gasteiger partial charge in [-0.15, -0.1) is 6.58 Å². The van der Waals surface area contributed by atoms with Crippen molar-refractivity contribution in [2.24, 2.45) is 0 Å². The molecule has 0 heterocycles. The van der Waals surface area contributed by atoms with Gasteiger partial charge in [0.15, 0.2) is 6.61 Å². The Bertz CT molecular complexity index is 725. The minimum Gasteiger partial charge on any atom is -0.456 e. The highest BCUT2D eigenvalue weighted by atomic mass is 19.1. The van der Waals surface area contributed by atoms with Crippen LogP contribution in [-0.2, 0) is 14.3 Å². The summed E-state index contributed by atoms with van der Waals surface area (Å²) in [4.78, 5) is 45.7. The van der Waals surface area contributed by atoms with E-state index in [0.29, 0.717) is 6.07 Å². The summed E-state index contributed by atoms with van der Waals surface area (Å²) in [5.74, 6) is -4.04. The normalized spacial score (nSPS) is 9.85. The molecule has 1 aromatic rings. The molecule has 1 rings (SSSR count). The van der Waals surface area contributed by atoms with Gasteiger partial charge in [-0.3, -0.25) is 19.7 Å². The van der Waals surface area contributed by atoms with E-state index in [1.54, 1.807) is 0 Å². The van der Waals surface area contributed by atoms with Gasteiger partial charge in [0.1, 0.15) is 11.6 Å². The number of ether oxygens (including phenoxy) is 1. The number of benzene rings is 1. The fourth-order valence-electron chi connectivity index (χ4n) is 1.79. The second-order valence-electron chi connectivity index (χ2n) is 5.19. The van der Waals surface area contributed by atoms with Crippen LogP contribution in [0.25, 0.3) is 0 Å². The monoisotopic (exact) mass is 383 g/mol. The predicted molar refractivity (Wildman–Crippen MR) is 90.6 cm³/mol. The number of urea groups is 1. The molecule has 4 amide bonds. The zero-order valence-corrected chi connectivity index (χ0v) is 14.3. The molecule has 3 N–H and O–H groups in total. The maximum Gasteiger partial charge on any atom is 0.321 e. The number of imide groups is 1. The molecule has 0 fully saturated rings. The van der Waals surface area contributed by atoms with Gasteiger partial charge in [0, 0.05) is 25.6 Å². The van der Waals surface area contributed by atoms with Gasteiger partial charge in [-0.1, -0.05) is 6.08 Å². The number of nitrogens with one attached hydrogen (secondary N) is 3. The maximum absolute atomic E-state index is 13.4. The lowest BCUT2D eigenvalue weighted by Gasteiger charge is -2.07. The van der Waals surface area contributed by atoms with Crippen LogP contribution in [0.15, 0.2) is 30.9 Å². The third kappa shape index (κ3) is 8.56. The molecule has 0 bridgehead atoms. The minimum absolute atomic E-state index is 0.0426. The van der Waals surface area contributed by atoms with Crippen LogP contribution in [-0.4, -0.2) is 43.5 Å². The van der Waals surface area contributed by atoms with Gasteiger partial charge in [0.25, 0.3) is 11.8 Å². The van der Waals surface area contributed by atoms with Crippen molar-refractivity contribution in [3.05, 3.63) is 48.1 Å². The average molecular weight is 383 g/mol. The van der Waals surface area contributed by atoms with E-state index in [0.717, 1.165) is 12.1 Å². The first kappa shape index (κ1) is 21.7. The van der Waals surface area contributed by atoms with E-state index in [-0.39, 0.29) is 31.5 Å². The molecule has 0 aromatic heterocycles. The van der Waals surface area contributed by atoms with Gasteiger partial charge in [-0.25, -0.2) is 13.6 Å². The van der Waals surface area contributed by atoms with Crippen molar-refractivity contribution < 1.29 is 32.7 Å². The molecular formula is C17H19F2N3O5. The number of hydrogen-bond acceptors (Lipinski definition) is 5. The fourth-order valence-corrected chi connectivity index (χ4v) is 1.79. The summed E-state index contributed by atoms with van der Waals surface area (Å²) in [5, 5.41) is 6.63. The third-order valence-electron chi connectivity index (χ3n) is 3.04. The largest absolute Gasteiger partial charge is 0.456 e. The van der Waals surface area contributed by atoms with Gasteiger partial charge < -0.3 is 15.4 Å². The molecule has 0 atom stereocenters. The van der Waals surface area contributed by atoms with E-state index in [9.17, 15) is 28.0 Å². The lowest BCUT2D eigenvalue weighted by molar-refractivity contribution is -0.148. The van der Waals surface area contributed by atoms with Crippen molar-refractivity contribution >= 4 is 23.8 Å². The van der Waals surface area contributed by atoms with E-state index >= 15 is 0 Å². The van der Waals surface area contributed by atoms with Crippen LogP contribution in [0.4, 0.5) is 13.6 Å². The van der Waals surface area contributed by atoms with E-state index in [2.05, 4.69) is 21.9 Å². The van der Waals surface area contributed by atoms with Gasteiger partial charge in [0.05, 0.1) is 5.56 Å². The first-order valence-electron chi connectivity index (χ1n) is 7.91. The molecule has 0 spiro atoms. The zero-order valence-electron chi connectivity index (χ0n) is 14.3. The number of amides is 4. The Balaban J connectivity index is 2.21. The summed E-state index contributed by atoms with van der Waals surface area (Å²) in [6, 6.07) is 1.82. The third-order valence-corrected chi connectivity index (χ3v) is 3.04. The molecule has 0 aliphatic heterocycles. The number of halogens is 2. The Morgan fingerprint density at radius 1 is 1.15 bits per heavy atom. The first-order valence-corrected chi connectivity index (χ1v) is 7.91. The van der Waals surface area contributed by atoms with Crippen molar-refractivity contribution in [2.45, 2.75) is 12.8 Å². The van der Waals surface area contributed by atoms with Gasteiger partial charge in [-0.2, -0.15) is 0 Å². The van der Waals surface area contributed by atoms with Crippen LogP contribution in [0.3, 0.4) is 0 Å². The number of hydrogen-bond donors (Lipinski definition) is 3. The van der Waals surface area contributed by atoms with Crippen LogP contribution >= 0.6 is 0 Å². The van der Waals surface area contributed by atoms with Gasteiger partial charge >= 0.3 is 12.0 Å². The molecule has 10 heteroatoms. The van der Waals surface area contributed by atoms with Crippen molar-refractivity contribution in [1.29, 1.82) is 0 Å². The smallest absolute Gasteiger partial charge is 0.321 e. The second-order valence-corrected chi connectivity index (χ2v) is 5.19. The number of carbonyl (C=O) groups excluding carboxylic acids is 4. The van der Waals surface area contributed by atoms with Crippen molar-refractivity contribution in [3.8, 4) is 0 Å². The molecule has 0 saturated heterocycles. The van der Waals surface area contributed by atoms with Crippen LogP contribution in [0.1, 0.15) is 23.2 Å². The topological polar surface area (TPSA) is 114 Å². The van der Waals surface area contributed by atoms with E-state index in [4.69, 9.17) is 0 Å². The highest BCUT2D eigenvalue weighted by Crippen LogP contribution is 2.09. The standard InChI is InChI=1S/C17H19F2N3O5/c1-2-7-21-17(26)22-14(23)10-27-15(24)4-3-8-20-16(25)12-6-5-11(18)9-13(12)19/h2,5-6,9H,1,3-4,7-8,10H2,(H,20,25)(H2,21,22,23,26). The molecule has 0 radical (unpaired) electrons. The molecule has 0 aliphatic carbocycles. The molecule has 0 saturated carbocycles. The summed E-state index contributed by atoms with van der Waals surface area (Å²) in [5.41, 5.74) is -0.314. The molecule has 8 nitrogen and oxygen atoms in total. The Labute approximate surface area is 153 Å². The number of rotatable bonds is 9. The molecule has 1 aromatic carbocycles. The first-order chi connectivity index (χ1) is 12.8. The van der Waals surface area contributed by atoms with Crippen molar-refractivity contribution in [1.82, 2.24) is 16.0 Å². The number of carbonyl (C=O) groups is 4. The van der Waals surface area contributed by atoms with E-state index in [1.165, 1.54) is 6.08 Å². The lowest BCUT2D eigenvalue weighted by atomic mass is 10.2. The van der Waals surface area contributed by atoms with Crippen LogP contribution < -0.4 is 16.0 Å². The molecule has 27 heavy (non-hydrogen) atoms. The molecular weight excluding hydrogens is 364 g/mol. The molecule has 0 unspecified atom stereocenters. The summed E-state index contributed by atoms with van der Waals surface area (Å²) < 4.78 is 30.9. The zero-order chi connectivity index (χ0) is 20.2. The van der Waals surface area contributed by atoms with Crippen LogP contribution in [0.5, 0.6) is 0 Å². The minimum atomic E-state index is -0.991. The molecule has 146 valence electrons. The van der Waals surface area contributed by atoms with Gasteiger partial charge in [0.2, 0.25) is 0 Å². The van der Waals surface area contributed by atoms with Crippen molar-refractivity contribution in [2.75, 3.05) is 19.7 Å². The van der Waals surface area contributed by atoms with Gasteiger partial charge in [-0.05, 0) is 18.6 Å². The number of esters is 1. The quantitative estimate of drug-likeness (QED) is 0.335. The Morgan fingerprint density at radius 3 is 2.56 bits per heavy atom. The van der Waals surface area contributed by atoms with E-state index in [1.807, 2.05) is 5.32 Å². The fraction of sp³-hybridized carbons (Fsp3) is 0.294. The summed E-state index contributed by atoms with van der Waals surface area (Å²) in [6.45, 7) is 2.97. The SMILES string of the molecule is C=CCNC(=O)NC(=O)COC(=O)CCCNC(=O)c1ccc(F)cc1F. The second kappa shape index (κ2) is 11.3. The predicted octanol–water partition coefficient (Wildman–Crippen LogP) is 1.03. The highest BCUT2D eigenvalue weighted by Gasteiger charge is 2.13. The van der Waals surface area contributed by atoms with Crippen LogP contribution in [0.2, 0.25) is 0 Å². The highest BCUT2D eigenvalue weighted by molar-refractivity contribution is 5.95. The lowest BCUT2D eigenvalue weighted by Crippen LogP contribution is -2.41. The molecule has 0 aliphatic rings. The Morgan fingerprint density at radius 2 is 1.89 bits per heavy atom. The van der Waals surface area contributed by atoms with E-state index < -0.39 is 42.1 Å². The summed E-state index contributed by atoms with van der Waals surface area (Å²) in [7, 11) is 0. The summed E-state index contributed by atoms with van der Waals surface area (Å²) >= 11 is 0. The maximum atomic E-state index is 13.4. The Kier molecular flexibility index (Phi) is 9.13. The average Bonchev–Trinajstić information content (AvgIpc) is 2.61.